The van der Waals surface area contributed by atoms with Crippen LogP contribution in [-0.2, 0) is 13.1 Å². The van der Waals surface area contributed by atoms with Crippen LogP contribution in [0, 0.1) is 0 Å². The molecule has 0 saturated carbocycles. The minimum absolute atomic E-state index is 0.760. The lowest BCUT2D eigenvalue weighted by molar-refractivity contribution is 0.397. The van der Waals surface area contributed by atoms with Crippen molar-refractivity contribution >= 4 is 11.3 Å². The molecule has 0 aliphatic heterocycles. The molecule has 4 heteroatoms. The first kappa shape index (κ1) is 12.9. The zero-order chi connectivity index (χ0) is 12.8. The van der Waals surface area contributed by atoms with Gasteiger partial charge in [0.2, 0.25) is 0 Å². The Morgan fingerprint density at radius 1 is 1.11 bits per heavy atom. The fourth-order valence-electron chi connectivity index (χ4n) is 1.75. The summed E-state index contributed by atoms with van der Waals surface area (Å²) in [7, 11) is 3.36. The van der Waals surface area contributed by atoms with Crippen LogP contribution >= 0.6 is 11.3 Å². The summed E-state index contributed by atoms with van der Waals surface area (Å²) in [6, 6.07) is 7.96. The number of ether oxygens (including phenoxy) is 2. The van der Waals surface area contributed by atoms with Crippen LogP contribution in [0.1, 0.15) is 11.1 Å². The number of thiophene rings is 1. The third-order valence-corrected chi connectivity index (χ3v) is 3.44. The maximum Gasteiger partial charge on any atom is 0.123 e. The maximum absolute atomic E-state index is 5.34. The Labute approximate surface area is 111 Å². The van der Waals surface area contributed by atoms with Crippen LogP contribution in [0.3, 0.4) is 0 Å². The van der Waals surface area contributed by atoms with Crippen molar-refractivity contribution < 1.29 is 9.47 Å². The van der Waals surface area contributed by atoms with Gasteiger partial charge < -0.3 is 14.8 Å². The summed E-state index contributed by atoms with van der Waals surface area (Å²) in [5.74, 6) is 1.73. The van der Waals surface area contributed by atoms with Crippen LogP contribution in [0.5, 0.6) is 11.5 Å². The smallest absolute Gasteiger partial charge is 0.123 e. The summed E-state index contributed by atoms with van der Waals surface area (Å²) in [6.07, 6.45) is 0. The largest absolute Gasteiger partial charge is 0.497 e. The molecule has 0 spiro atoms. The Morgan fingerprint density at radius 2 is 2.00 bits per heavy atom. The first-order valence-electron chi connectivity index (χ1n) is 5.76. The van der Waals surface area contributed by atoms with Crippen molar-refractivity contribution in [3.8, 4) is 11.5 Å². The molecule has 0 fully saturated rings. The second-order valence-corrected chi connectivity index (χ2v) is 4.69. The van der Waals surface area contributed by atoms with Gasteiger partial charge in [-0.05, 0) is 40.6 Å². The highest BCUT2D eigenvalue weighted by molar-refractivity contribution is 7.07. The van der Waals surface area contributed by atoms with E-state index in [2.05, 4.69) is 22.1 Å². The molecule has 0 atom stereocenters. The van der Waals surface area contributed by atoms with Crippen molar-refractivity contribution in [1.82, 2.24) is 5.32 Å². The minimum Gasteiger partial charge on any atom is -0.497 e. The van der Waals surface area contributed by atoms with Gasteiger partial charge in [0.15, 0.2) is 0 Å². The van der Waals surface area contributed by atoms with Crippen LogP contribution in [-0.4, -0.2) is 14.2 Å². The zero-order valence-corrected chi connectivity index (χ0v) is 11.4. The number of hydrogen-bond donors (Lipinski definition) is 1. The fraction of sp³-hybridized carbons (Fsp3) is 0.286. The van der Waals surface area contributed by atoms with E-state index >= 15 is 0 Å². The topological polar surface area (TPSA) is 30.5 Å². The number of methoxy groups -OCH3 is 2. The number of rotatable bonds is 6. The second kappa shape index (κ2) is 6.42. The maximum atomic E-state index is 5.34. The van der Waals surface area contributed by atoms with Gasteiger partial charge in [-0.1, -0.05) is 0 Å². The molecule has 0 aliphatic rings. The Morgan fingerprint density at radius 3 is 2.67 bits per heavy atom. The second-order valence-electron chi connectivity index (χ2n) is 3.91. The van der Waals surface area contributed by atoms with Crippen LogP contribution in [0.4, 0.5) is 0 Å². The Bertz CT molecular complexity index is 483. The average Bonchev–Trinajstić information content (AvgIpc) is 2.92. The van der Waals surface area contributed by atoms with Crippen molar-refractivity contribution in [2.24, 2.45) is 0 Å². The van der Waals surface area contributed by atoms with Gasteiger partial charge in [0.25, 0.3) is 0 Å². The van der Waals surface area contributed by atoms with Gasteiger partial charge in [0.05, 0.1) is 14.2 Å². The molecule has 2 aromatic rings. The highest BCUT2D eigenvalue weighted by atomic mass is 32.1. The normalized spacial score (nSPS) is 10.3. The summed E-state index contributed by atoms with van der Waals surface area (Å²) < 4.78 is 10.6. The Balaban J connectivity index is 1.98. The molecule has 1 aromatic heterocycles. The molecule has 3 nitrogen and oxygen atoms in total. The molecule has 2 rings (SSSR count). The summed E-state index contributed by atoms with van der Waals surface area (Å²) in [5.41, 5.74) is 2.41. The Hall–Kier alpha value is -1.52. The minimum atomic E-state index is 0.760. The van der Waals surface area contributed by atoms with E-state index in [0.29, 0.717) is 0 Å². The lowest BCUT2D eigenvalue weighted by Crippen LogP contribution is -2.13. The number of nitrogens with one attached hydrogen (secondary N) is 1. The molecule has 0 bridgehead atoms. The van der Waals surface area contributed by atoms with Gasteiger partial charge in [0, 0.05) is 18.7 Å². The predicted octanol–water partition coefficient (Wildman–Crippen LogP) is 3.06. The quantitative estimate of drug-likeness (QED) is 0.869. The number of benzene rings is 1. The predicted molar refractivity (Wildman–Crippen MR) is 74.4 cm³/mol. The Kier molecular flexibility index (Phi) is 4.61. The highest BCUT2D eigenvalue weighted by Crippen LogP contribution is 2.23. The van der Waals surface area contributed by atoms with Crippen LogP contribution < -0.4 is 14.8 Å². The van der Waals surface area contributed by atoms with Crippen molar-refractivity contribution in [3.05, 3.63) is 46.2 Å². The van der Waals surface area contributed by atoms with E-state index in [9.17, 15) is 0 Å². The van der Waals surface area contributed by atoms with Crippen molar-refractivity contribution in [3.63, 3.8) is 0 Å². The molecule has 1 heterocycles. The van der Waals surface area contributed by atoms with E-state index in [1.165, 1.54) is 5.56 Å². The van der Waals surface area contributed by atoms with E-state index in [4.69, 9.17) is 9.47 Å². The lowest BCUT2D eigenvalue weighted by Gasteiger charge is -2.11. The molecule has 96 valence electrons. The van der Waals surface area contributed by atoms with Gasteiger partial charge >= 0.3 is 0 Å². The third kappa shape index (κ3) is 3.24. The van der Waals surface area contributed by atoms with Crippen LogP contribution in [0.2, 0.25) is 0 Å². The summed E-state index contributed by atoms with van der Waals surface area (Å²) >= 11 is 1.71. The SMILES string of the molecule is COc1ccc(OC)c(CNCc2ccsc2)c1. The molecule has 1 aromatic carbocycles. The molecule has 0 amide bonds. The molecule has 1 N–H and O–H groups in total. The first-order chi connectivity index (χ1) is 8.83. The van der Waals surface area contributed by atoms with Gasteiger partial charge in [-0.15, -0.1) is 0 Å². The van der Waals surface area contributed by atoms with Crippen molar-refractivity contribution in [2.45, 2.75) is 13.1 Å². The molecule has 0 radical (unpaired) electrons. The monoisotopic (exact) mass is 263 g/mol. The zero-order valence-electron chi connectivity index (χ0n) is 10.6. The van der Waals surface area contributed by atoms with E-state index in [1.807, 2.05) is 18.2 Å². The molecule has 18 heavy (non-hydrogen) atoms. The van der Waals surface area contributed by atoms with E-state index in [0.717, 1.165) is 30.2 Å². The molecule has 0 unspecified atom stereocenters. The lowest BCUT2D eigenvalue weighted by atomic mass is 10.2. The number of hydrogen-bond acceptors (Lipinski definition) is 4. The average molecular weight is 263 g/mol. The summed E-state index contributed by atoms with van der Waals surface area (Å²) in [4.78, 5) is 0. The van der Waals surface area contributed by atoms with Gasteiger partial charge in [-0.25, -0.2) is 0 Å². The molecular formula is C14H17NO2S. The van der Waals surface area contributed by atoms with E-state index in [-0.39, 0.29) is 0 Å². The molecular weight excluding hydrogens is 246 g/mol. The third-order valence-electron chi connectivity index (χ3n) is 2.71. The van der Waals surface area contributed by atoms with Crippen molar-refractivity contribution in [2.75, 3.05) is 14.2 Å². The van der Waals surface area contributed by atoms with Gasteiger partial charge in [-0.3, -0.25) is 0 Å². The summed E-state index contributed by atoms with van der Waals surface area (Å²) in [5, 5.41) is 7.64. The highest BCUT2D eigenvalue weighted by Gasteiger charge is 2.04. The van der Waals surface area contributed by atoms with E-state index < -0.39 is 0 Å². The van der Waals surface area contributed by atoms with Gasteiger partial charge in [0.1, 0.15) is 11.5 Å². The standard InChI is InChI=1S/C14H17NO2S/c1-16-13-3-4-14(17-2)12(7-13)9-15-8-11-5-6-18-10-11/h3-7,10,15H,8-9H2,1-2H3. The van der Waals surface area contributed by atoms with E-state index in [1.54, 1.807) is 25.6 Å². The van der Waals surface area contributed by atoms with Gasteiger partial charge in [-0.2, -0.15) is 11.3 Å². The fourth-order valence-corrected chi connectivity index (χ4v) is 2.42. The van der Waals surface area contributed by atoms with Crippen molar-refractivity contribution in [1.29, 1.82) is 0 Å². The molecule has 0 aliphatic carbocycles. The first-order valence-corrected chi connectivity index (χ1v) is 6.70. The molecule has 0 saturated heterocycles. The van der Waals surface area contributed by atoms with Crippen LogP contribution in [0.15, 0.2) is 35.0 Å². The van der Waals surface area contributed by atoms with Crippen LogP contribution in [0.25, 0.3) is 0 Å². The summed E-state index contributed by atoms with van der Waals surface area (Å²) in [6.45, 7) is 1.63.